The molecule has 3 aromatic rings. The van der Waals surface area contributed by atoms with E-state index in [0.717, 1.165) is 16.2 Å². The summed E-state index contributed by atoms with van der Waals surface area (Å²) < 4.78 is 5.81. The van der Waals surface area contributed by atoms with Crippen molar-refractivity contribution in [2.75, 3.05) is 11.1 Å². The number of carbonyl (C=O) groups excluding carboxylic acids is 1. The molecule has 0 fully saturated rings. The number of hydrogen-bond acceptors (Lipinski definition) is 5. The van der Waals surface area contributed by atoms with Crippen molar-refractivity contribution in [3.05, 3.63) is 54.9 Å². The number of benzene rings is 2. The molecule has 120 valence electrons. The minimum Gasteiger partial charge on any atom is -0.479 e. The van der Waals surface area contributed by atoms with Crippen LogP contribution in [-0.2, 0) is 4.79 Å². The molecule has 24 heavy (non-hydrogen) atoms. The molecule has 4 rings (SSSR count). The highest BCUT2D eigenvalue weighted by molar-refractivity contribution is 7.99. The molecule has 0 aliphatic carbocycles. The first-order valence-corrected chi connectivity index (χ1v) is 8.43. The van der Waals surface area contributed by atoms with Gasteiger partial charge in [-0.15, -0.1) is 11.8 Å². The topological polar surface area (TPSA) is 79.9 Å². The van der Waals surface area contributed by atoms with Gasteiger partial charge in [0.05, 0.1) is 0 Å². The first-order chi connectivity index (χ1) is 11.8. The van der Waals surface area contributed by atoms with Crippen LogP contribution in [0.15, 0.2) is 59.8 Å². The van der Waals surface area contributed by atoms with Gasteiger partial charge in [-0.2, -0.15) is 5.10 Å². The number of H-pyrrole nitrogens is 1. The monoisotopic (exact) mass is 338 g/mol. The number of thioether (sulfide) groups is 1. The number of nitrogens with zero attached hydrogens (tertiary/aromatic N) is 2. The smallest absolute Gasteiger partial charge is 0.266 e. The minimum absolute atomic E-state index is 0.160. The number of amides is 1. The lowest BCUT2D eigenvalue weighted by atomic mass is 10.2. The fourth-order valence-electron chi connectivity index (χ4n) is 2.46. The van der Waals surface area contributed by atoms with Crippen molar-refractivity contribution in [2.24, 2.45) is 0 Å². The average Bonchev–Trinajstić information content (AvgIpc) is 3.16. The number of rotatable bonds is 3. The minimum atomic E-state index is -0.515. The van der Waals surface area contributed by atoms with Gasteiger partial charge in [-0.3, -0.25) is 9.89 Å². The predicted octanol–water partition coefficient (Wildman–Crippen LogP) is 2.96. The van der Waals surface area contributed by atoms with Crippen LogP contribution in [0.3, 0.4) is 0 Å². The third kappa shape index (κ3) is 2.98. The highest BCUT2D eigenvalue weighted by Gasteiger charge is 2.26. The van der Waals surface area contributed by atoms with Gasteiger partial charge in [0.1, 0.15) is 12.1 Å². The maximum atomic E-state index is 12.5. The van der Waals surface area contributed by atoms with Crippen molar-refractivity contribution in [1.82, 2.24) is 15.2 Å². The highest BCUT2D eigenvalue weighted by Crippen LogP contribution is 2.35. The van der Waals surface area contributed by atoms with Gasteiger partial charge in [-0.25, -0.2) is 4.98 Å². The van der Waals surface area contributed by atoms with Crippen LogP contribution in [-0.4, -0.2) is 32.9 Å². The number of aromatic nitrogens is 3. The zero-order valence-electron chi connectivity index (χ0n) is 12.6. The van der Waals surface area contributed by atoms with Crippen molar-refractivity contribution in [1.29, 1.82) is 0 Å². The van der Waals surface area contributed by atoms with Crippen molar-refractivity contribution < 1.29 is 9.53 Å². The lowest BCUT2D eigenvalue weighted by Gasteiger charge is -2.24. The van der Waals surface area contributed by atoms with E-state index in [2.05, 4.69) is 20.5 Å². The van der Waals surface area contributed by atoms with Gasteiger partial charge in [0.25, 0.3) is 5.91 Å². The second-order valence-corrected chi connectivity index (χ2v) is 6.33. The Kier molecular flexibility index (Phi) is 3.92. The van der Waals surface area contributed by atoms with Crippen LogP contribution >= 0.6 is 11.8 Å². The molecule has 1 amide bonds. The molecule has 7 heteroatoms. The second-order valence-electron chi connectivity index (χ2n) is 5.27. The van der Waals surface area contributed by atoms with Crippen LogP contribution in [0.2, 0.25) is 0 Å². The van der Waals surface area contributed by atoms with Crippen molar-refractivity contribution in [3.8, 4) is 17.1 Å². The van der Waals surface area contributed by atoms with Crippen LogP contribution in [0.1, 0.15) is 0 Å². The lowest BCUT2D eigenvalue weighted by Crippen LogP contribution is -2.36. The highest BCUT2D eigenvalue weighted by atomic mass is 32.2. The first-order valence-electron chi connectivity index (χ1n) is 7.45. The summed E-state index contributed by atoms with van der Waals surface area (Å²) >= 11 is 1.63. The van der Waals surface area contributed by atoms with Gasteiger partial charge in [0, 0.05) is 21.9 Å². The summed E-state index contributed by atoms with van der Waals surface area (Å²) in [6.45, 7) is 0. The molecule has 6 nitrogen and oxygen atoms in total. The third-order valence-electron chi connectivity index (χ3n) is 3.62. The Labute approximate surface area is 142 Å². The molecular weight excluding hydrogens is 324 g/mol. The van der Waals surface area contributed by atoms with Crippen LogP contribution in [0, 0.1) is 0 Å². The number of anilines is 1. The molecule has 0 saturated heterocycles. The van der Waals surface area contributed by atoms with Crippen molar-refractivity contribution in [2.45, 2.75) is 11.0 Å². The normalized spacial score (nSPS) is 16.1. The quantitative estimate of drug-likeness (QED) is 0.767. The number of hydrogen-bond donors (Lipinski definition) is 2. The van der Waals surface area contributed by atoms with Crippen LogP contribution in [0.4, 0.5) is 5.69 Å². The zero-order valence-corrected chi connectivity index (χ0v) is 13.4. The van der Waals surface area contributed by atoms with Gasteiger partial charge >= 0.3 is 0 Å². The summed E-state index contributed by atoms with van der Waals surface area (Å²) in [5.74, 6) is 1.84. The molecule has 0 bridgehead atoms. The third-order valence-corrected chi connectivity index (χ3v) is 4.74. The van der Waals surface area contributed by atoms with E-state index in [1.54, 1.807) is 11.8 Å². The first kappa shape index (κ1) is 14.8. The number of nitrogens with one attached hydrogen (secondary N) is 2. The SMILES string of the molecule is O=C(Nc1cccc(-c2ncn[nH]2)c1)[C@@H]1CSc2ccccc2O1. The van der Waals surface area contributed by atoms with Gasteiger partial charge < -0.3 is 10.1 Å². The molecule has 2 heterocycles. The van der Waals surface area contributed by atoms with Crippen molar-refractivity contribution in [3.63, 3.8) is 0 Å². The molecule has 0 spiro atoms. The molecule has 1 aliphatic rings. The van der Waals surface area contributed by atoms with Gasteiger partial charge in [0.2, 0.25) is 0 Å². The summed E-state index contributed by atoms with van der Waals surface area (Å²) in [5, 5.41) is 9.55. The summed E-state index contributed by atoms with van der Waals surface area (Å²) in [6, 6.07) is 15.2. The summed E-state index contributed by atoms with van der Waals surface area (Å²) in [5.41, 5.74) is 1.55. The molecule has 2 aromatic carbocycles. The van der Waals surface area contributed by atoms with E-state index >= 15 is 0 Å². The van der Waals surface area contributed by atoms with Crippen molar-refractivity contribution >= 4 is 23.4 Å². The zero-order chi connectivity index (χ0) is 16.4. The summed E-state index contributed by atoms with van der Waals surface area (Å²) in [7, 11) is 0. The maximum Gasteiger partial charge on any atom is 0.266 e. The fourth-order valence-corrected chi connectivity index (χ4v) is 3.44. The Morgan fingerprint density at radius 3 is 3.04 bits per heavy atom. The number of ether oxygens (including phenoxy) is 1. The molecule has 1 aromatic heterocycles. The standard InChI is InChI=1S/C17H14N4O2S/c22-17(14-9-24-15-7-2-1-6-13(15)23-14)20-12-5-3-4-11(8-12)16-18-10-19-21-16/h1-8,10,14H,9H2,(H,20,22)(H,18,19,21)/t14-/m0/s1. The molecule has 1 aliphatic heterocycles. The molecule has 1 atom stereocenters. The number of fused-ring (bicyclic) bond motifs is 1. The van der Waals surface area contributed by atoms with E-state index in [1.807, 2.05) is 48.5 Å². The Balaban J connectivity index is 1.48. The van der Waals surface area contributed by atoms with Gasteiger partial charge in [0.15, 0.2) is 11.9 Å². The Bertz CT molecular complexity index is 867. The fraction of sp³-hybridized carbons (Fsp3) is 0.118. The Morgan fingerprint density at radius 1 is 1.25 bits per heavy atom. The van der Waals surface area contributed by atoms with Crippen LogP contribution in [0.25, 0.3) is 11.4 Å². The summed E-state index contributed by atoms with van der Waals surface area (Å²) in [6.07, 6.45) is 0.935. The predicted molar refractivity (Wildman–Crippen MR) is 92.0 cm³/mol. The Morgan fingerprint density at radius 2 is 2.17 bits per heavy atom. The Hall–Kier alpha value is -2.80. The van der Waals surface area contributed by atoms with E-state index in [0.29, 0.717) is 17.3 Å². The summed E-state index contributed by atoms with van der Waals surface area (Å²) in [4.78, 5) is 17.7. The molecule has 0 radical (unpaired) electrons. The van der Waals surface area contributed by atoms with E-state index in [9.17, 15) is 4.79 Å². The van der Waals surface area contributed by atoms with Crippen LogP contribution in [0.5, 0.6) is 5.75 Å². The number of carbonyl (C=O) groups is 1. The molecule has 0 saturated carbocycles. The second kappa shape index (κ2) is 6.37. The maximum absolute atomic E-state index is 12.5. The number of aromatic amines is 1. The lowest BCUT2D eigenvalue weighted by molar-refractivity contribution is -0.122. The van der Waals surface area contributed by atoms with Gasteiger partial charge in [-0.05, 0) is 24.3 Å². The van der Waals surface area contributed by atoms with Gasteiger partial charge in [-0.1, -0.05) is 24.3 Å². The largest absolute Gasteiger partial charge is 0.479 e. The van der Waals surface area contributed by atoms with Crippen LogP contribution < -0.4 is 10.1 Å². The molecule has 0 unspecified atom stereocenters. The molecule has 2 N–H and O–H groups in total. The number of para-hydroxylation sites is 1. The molecular formula is C17H14N4O2S. The average molecular weight is 338 g/mol. The van der Waals surface area contributed by atoms with E-state index in [1.165, 1.54) is 6.33 Å². The van der Waals surface area contributed by atoms with E-state index in [-0.39, 0.29) is 5.91 Å². The van der Waals surface area contributed by atoms with E-state index < -0.39 is 6.10 Å². The van der Waals surface area contributed by atoms with E-state index in [4.69, 9.17) is 4.74 Å².